The molecule has 104 valence electrons. The Balaban J connectivity index is 1.90. The number of ether oxygens (including phenoxy) is 1. The maximum absolute atomic E-state index is 12.0. The number of aryl methyl sites for hydroxylation is 1. The predicted molar refractivity (Wildman–Crippen MR) is 74.6 cm³/mol. The van der Waals surface area contributed by atoms with Crippen molar-refractivity contribution in [2.45, 2.75) is 52.5 Å². The number of carbonyl (C=O) groups excluding carboxylic acids is 1. The van der Waals surface area contributed by atoms with Crippen molar-refractivity contribution in [3.63, 3.8) is 0 Å². The first-order chi connectivity index (χ1) is 9.09. The van der Waals surface area contributed by atoms with Gasteiger partial charge in [0.1, 0.15) is 0 Å². The summed E-state index contributed by atoms with van der Waals surface area (Å²) in [6.45, 7) is 7.26. The molecule has 3 nitrogen and oxygen atoms in total. The van der Waals surface area contributed by atoms with Crippen molar-refractivity contribution >= 4 is 5.78 Å². The van der Waals surface area contributed by atoms with E-state index in [-0.39, 0.29) is 0 Å². The molecule has 0 amide bonds. The molecule has 3 rings (SSSR count). The summed E-state index contributed by atoms with van der Waals surface area (Å²) < 4.78 is 7.88. The molecule has 0 aromatic carbocycles. The Labute approximate surface area is 114 Å². The smallest absolute Gasteiger partial charge is 0.164 e. The van der Waals surface area contributed by atoms with Crippen LogP contribution in [0.25, 0.3) is 0 Å². The van der Waals surface area contributed by atoms with Crippen molar-refractivity contribution < 1.29 is 9.53 Å². The fourth-order valence-electron chi connectivity index (χ4n) is 3.41. The molecule has 19 heavy (non-hydrogen) atoms. The molecule has 1 fully saturated rings. The van der Waals surface area contributed by atoms with Crippen LogP contribution in [0.4, 0.5) is 0 Å². The third-order valence-electron chi connectivity index (χ3n) is 4.77. The van der Waals surface area contributed by atoms with E-state index in [1.54, 1.807) is 0 Å². The van der Waals surface area contributed by atoms with Gasteiger partial charge in [0.25, 0.3) is 0 Å². The Hall–Kier alpha value is -1.09. The molecule has 2 heterocycles. The summed E-state index contributed by atoms with van der Waals surface area (Å²) in [6, 6.07) is 2.10. The molecule has 1 aliphatic carbocycles. The van der Waals surface area contributed by atoms with E-state index in [9.17, 15) is 4.79 Å². The Morgan fingerprint density at radius 2 is 2.05 bits per heavy atom. The molecule has 0 N–H and O–H groups in total. The Morgan fingerprint density at radius 1 is 1.32 bits per heavy atom. The SMILES string of the molecule is Cc1cc2c(n1CC1(C)CCOCC1)CCCC2=O. The molecule has 1 aromatic heterocycles. The molecule has 0 bridgehead atoms. The normalized spacial score (nSPS) is 22.3. The highest BCUT2D eigenvalue weighted by Gasteiger charge is 2.31. The minimum Gasteiger partial charge on any atom is -0.381 e. The van der Waals surface area contributed by atoms with Gasteiger partial charge in [0.05, 0.1) is 0 Å². The van der Waals surface area contributed by atoms with Gasteiger partial charge >= 0.3 is 0 Å². The molecule has 0 spiro atoms. The van der Waals surface area contributed by atoms with Crippen LogP contribution in [0.3, 0.4) is 0 Å². The van der Waals surface area contributed by atoms with Crippen LogP contribution in [0.15, 0.2) is 6.07 Å². The third kappa shape index (κ3) is 2.36. The van der Waals surface area contributed by atoms with Gasteiger partial charge in [-0.15, -0.1) is 0 Å². The molecule has 0 atom stereocenters. The summed E-state index contributed by atoms with van der Waals surface area (Å²) >= 11 is 0. The topological polar surface area (TPSA) is 31.2 Å². The van der Waals surface area contributed by atoms with Crippen LogP contribution in [0.2, 0.25) is 0 Å². The first kappa shape index (κ1) is 12.9. The average molecular weight is 261 g/mol. The van der Waals surface area contributed by atoms with Gasteiger partial charge in [-0.2, -0.15) is 0 Å². The zero-order valence-electron chi connectivity index (χ0n) is 12.0. The lowest BCUT2D eigenvalue weighted by atomic mass is 9.82. The summed E-state index contributed by atoms with van der Waals surface area (Å²) in [5.41, 5.74) is 3.82. The van der Waals surface area contributed by atoms with Gasteiger partial charge in [-0.05, 0) is 44.1 Å². The van der Waals surface area contributed by atoms with Crippen LogP contribution < -0.4 is 0 Å². The number of aromatic nitrogens is 1. The number of fused-ring (bicyclic) bond motifs is 1. The Morgan fingerprint density at radius 3 is 2.79 bits per heavy atom. The van der Waals surface area contributed by atoms with E-state index in [4.69, 9.17) is 4.74 Å². The highest BCUT2D eigenvalue weighted by atomic mass is 16.5. The number of rotatable bonds is 2. The quantitative estimate of drug-likeness (QED) is 0.819. The first-order valence-electron chi connectivity index (χ1n) is 7.39. The van der Waals surface area contributed by atoms with E-state index >= 15 is 0 Å². The van der Waals surface area contributed by atoms with Gasteiger partial charge in [0.15, 0.2) is 5.78 Å². The lowest BCUT2D eigenvalue weighted by molar-refractivity contribution is 0.0149. The van der Waals surface area contributed by atoms with Crippen molar-refractivity contribution in [1.29, 1.82) is 0 Å². The number of hydrogen-bond acceptors (Lipinski definition) is 2. The van der Waals surface area contributed by atoms with Crippen LogP contribution in [-0.4, -0.2) is 23.6 Å². The van der Waals surface area contributed by atoms with Gasteiger partial charge in [0, 0.05) is 43.1 Å². The molecular weight excluding hydrogens is 238 g/mol. The van der Waals surface area contributed by atoms with Gasteiger partial charge < -0.3 is 9.30 Å². The number of Topliss-reactive ketones (excluding diaryl/α,β-unsaturated/α-hetero) is 1. The van der Waals surface area contributed by atoms with Gasteiger partial charge in [-0.3, -0.25) is 4.79 Å². The number of nitrogens with zero attached hydrogens (tertiary/aromatic N) is 1. The van der Waals surface area contributed by atoms with Crippen molar-refractivity contribution in [3.8, 4) is 0 Å². The van der Waals surface area contributed by atoms with Crippen LogP contribution in [-0.2, 0) is 17.7 Å². The van der Waals surface area contributed by atoms with E-state index < -0.39 is 0 Å². The molecule has 0 unspecified atom stereocenters. The summed E-state index contributed by atoms with van der Waals surface area (Å²) in [4.78, 5) is 12.0. The lowest BCUT2D eigenvalue weighted by Crippen LogP contribution is -2.32. The lowest BCUT2D eigenvalue weighted by Gasteiger charge is -2.35. The second-order valence-electron chi connectivity index (χ2n) is 6.43. The van der Waals surface area contributed by atoms with Crippen molar-refractivity contribution in [2.75, 3.05) is 13.2 Å². The molecule has 1 aromatic rings. The molecule has 1 aliphatic heterocycles. The highest BCUT2D eigenvalue weighted by Crippen LogP contribution is 2.34. The maximum Gasteiger partial charge on any atom is 0.164 e. The molecule has 0 saturated carbocycles. The minimum absolute atomic E-state index is 0.316. The van der Waals surface area contributed by atoms with Crippen LogP contribution >= 0.6 is 0 Å². The average Bonchev–Trinajstić information content (AvgIpc) is 2.69. The van der Waals surface area contributed by atoms with Crippen LogP contribution in [0.1, 0.15) is 54.4 Å². The third-order valence-corrected chi connectivity index (χ3v) is 4.77. The largest absolute Gasteiger partial charge is 0.381 e. The molecular formula is C16H23NO2. The standard InChI is InChI=1S/C16H23NO2/c1-12-10-13-14(4-3-5-15(13)18)17(12)11-16(2)6-8-19-9-7-16/h10H,3-9,11H2,1-2H3. The van der Waals surface area contributed by atoms with Crippen molar-refractivity contribution in [1.82, 2.24) is 4.57 Å². The molecule has 1 saturated heterocycles. The number of ketones is 1. The van der Waals surface area contributed by atoms with E-state index in [0.29, 0.717) is 11.2 Å². The van der Waals surface area contributed by atoms with Gasteiger partial charge in [-0.25, -0.2) is 0 Å². The van der Waals surface area contributed by atoms with Crippen molar-refractivity contribution in [3.05, 3.63) is 23.0 Å². The van der Waals surface area contributed by atoms with Crippen LogP contribution in [0, 0.1) is 12.3 Å². The number of hydrogen-bond donors (Lipinski definition) is 0. The van der Waals surface area contributed by atoms with E-state index in [1.807, 2.05) is 0 Å². The molecule has 2 aliphatic rings. The Kier molecular flexibility index (Phi) is 3.25. The molecule has 3 heteroatoms. The molecule has 0 radical (unpaired) electrons. The zero-order valence-corrected chi connectivity index (χ0v) is 12.0. The highest BCUT2D eigenvalue weighted by molar-refractivity contribution is 5.98. The summed E-state index contributed by atoms with van der Waals surface area (Å²) in [7, 11) is 0. The Bertz CT molecular complexity index is 495. The van der Waals surface area contributed by atoms with E-state index in [1.165, 1.54) is 11.4 Å². The summed E-state index contributed by atoms with van der Waals surface area (Å²) in [5.74, 6) is 0.334. The first-order valence-corrected chi connectivity index (χ1v) is 7.39. The van der Waals surface area contributed by atoms with E-state index in [0.717, 1.165) is 57.4 Å². The van der Waals surface area contributed by atoms with Gasteiger partial charge in [0.2, 0.25) is 0 Å². The minimum atomic E-state index is 0.316. The summed E-state index contributed by atoms with van der Waals surface area (Å²) in [6.07, 6.45) is 5.03. The summed E-state index contributed by atoms with van der Waals surface area (Å²) in [5, 5.41) is 0. The fraction of sp³-hybridized carbons (Fsp3) is 0.688. The van der Waals surface area contributed by atoms with Crippen LogP contribution in [0.5, 0.6) is 0 Å². The fourth-order valence-corrected chi connectivity index (χ4v) is 3.41. The van der Waals surface area contributed by atoms with E-state index in [2.05, 4.69) is 24.5 Å². The monoisotopic (exact) mass is 261 g/mol. The second-order valence-corrected chi connectivity index (χ2v) is 6.43. The van der Waals surface area contributed by atoms with Gasteiger partial charge in [-0.1, -0.05) is 6.92 Å². The van der Waals surface area contributed by atoms with Crippen molar-refractivity contribution in [2.24, 2.45) is 5.41 Å². The zero-order chi connectivity index (χ0) is 13.5. The number of carbonyl (C=O) groups is 1. The predicted octanol–water partition coefficient (Wildman–Crippen LogP) is 3.13. The maximum atomic E-state index is 12.0. The second kappa shape index (κ2) is 4.78.